The molecule has 0 spiro atoms. The summed E-state index contributed by atoms with van der Waals surface area (Å²) in [5, 5.41) is 2.16. The summed E-state index contributed by atoms with van der Waals surface area (Å²) in [5.74, 6) is -1.68. The van der Waals surface area contributed by atoms with Crippen LogP contribution in [0.3, 0.4) is 0 Å². The van der Waals surface area contributed by atoms with Gasteiger partial charge < -0.3 is 10.1 Å². The Morgan fingerprint density at radius 1 is 1.00 bits per heavy atom. The summed E-state index contributed by atoms with van der Waals surface area (Å²) >= 11 is 0. The molecule has 0 fully saturated rings. The summed E-state index contributed by atoms with van der Waals surface area (Å²) in [6.45, 7) is 4.89. The van der Waals surface area contributed by atoms with Crippen LogP contribution in [0.2, 0.25) is 0 Å². The van der Waals surface area contributed by atoms with Crippen LogP contribution >= 0.6 is 0 Å². The predicted molar refractivity (Wildman–Crippen MR) is 104 cm³/mol. The van der Waals surface area contributed by atoms with Crippen molar-refractivity contribution in [3.05, 3.63) is 65.0 Å². The summed E-state index contributed by atoms with van der Waals surface area (Å²) in [4.78, 5) is 33.4. The Hall–Kier alpha value is -3.49. The molecule has 3 rings (SSSR count). The van der Waals surface area contributed by atoms with E-state index in [-0.39, 0.29) is 5.56 Å². The van der Waals surface area contributed by atoms with E-state index < -0.39 is 35.4 Å². The molecular weight excluding hydrogens is 399 g/mol. The van der Waals surface area contributed by atoms with Crippen LogP contribution in [-0.4, -0.2) is 27.9 Å². The number of amides is 1. The van der Waals surface area contributed by atoms with Crippen molar-refractivity contribution in [2.24, 2.45) is 0 Å². The van der Waals surface area contributed by atoms with E-state index in [9.17, 15) is 22.8 Å². The number of anilines is 1. The van der Waals surface area contributed by atoms with Gasteiger partial charge in [0.25, 0.3) is 5.91 Å². The number of para-hydroxylation sites is 1. The number of carbonyl (C=O) groups is 2. The fourth-order valence-corrected chi connectivity index (χ4v) is 2.71. The fourth-order valence-electron chi connectivity index (χ4n) is 2.71. The average Bonchev–Trinajstić information content (AvgIpc) is 2.68. The first kappa shape index (κ1) is 21.2. The van der Waals surface area contributed by atoms with Gasteiger partial charge in [-0.2, -0.15) is 13.2 Å². The molecule has 0 unspecified atom stereocenters. The molecule has 0 saturated carbocycles. The molecule has 1 amide bonds. The highest BCUT2D eigenvalue weighted by Gasteiger charge is 2.34. The van der Waals surface area contributed by atoms with Crippen molar-refractivity contribution in [2.45, 2.75) is 33.1 Å². The molecule has 1 atom stereocenters. The zero-order valence-corrected chi connectivity index (χ0v) is 16.4. The van der Waals surface area contributed by atoms with Crippen LogP contribution in [0.25, 0.3) is 11.0 Å². The fraction of sp³-hybridized carbons (Fsp3) is 0.238. The summed E-state index contributed by atoms with van der Waals surface area (Å²) in [6.07, 6.45) is -5.95. The van der Waals surface area contributed by atoms with Crippen molar-refractivity contribution in [3.63, 3.8) is 0 Å². The molecule has 1 N–H and O–H groups in total. The first-order valence-corrected chi connectivity index (χ1v) is 8.99. The van der Waals surface area contributed by atoms with Gasteiger partial charge in [0, 0.05) is 0 Å². The van der Waals surface area contributed by atoms with E-state index in [1.165, 1.54) is 31.2 Å². The van der Waals surface area contributed by atoms with Gasteiger partial charge in [-0.25, -0.2) is 14.8 Å². The lowest BCUT2D eigenvalue weighted by molar-refractivity contribution is -0.137. The maximum Gasteiger partial charge on any atom is 0.418 e. The van der Waals surface area contributed by atoms with E-state index in [4.69, 9.17) is 4.74 Å². The van der Waals surface area contributed by atoms with Gasteiger partial charge in [0.05, 0.1) is 39.2 Å². The van der Waals surface area contributed by atoms with Gasteiger partial charge in [0.1, 0.15) is 0 Å². The smallest absolute Gasteiger partial charge is 0.418 e. The second kappa shape index (κ2) is 8.10. The van der Waals surface area contributed by atoms with E-state index in [2.05, 4.69) is 15.3 Å². The Kier molecular flexibility index (Phi) is 5.73. The minimum atomic E-state index is -4.63. The summed E-state index contributed by atoms with van der Waals surface area (Å²) in [7, 11) is 0. The number of benzene rings is 2. The number of aromatic nitrogens is 2. The molecule has 0 saturated heterocycles. The van der Waals surface area contributed by atoms with E-state index in [0.29, 0.717) is 16.7 Å². The van der Waals surface area contributed by atoms with Crippen LogP contribution in [0.15, 0.2) is 42.5 Å². The number of aryl methyl sites for hydroxylation is 2. The van der Waals surface area contributed by atoms with Gasteiger partial charge >= 0.3 is 12.1 Å². The molecule has 0 aliphatic rings. The second-order valence-electron chi connectivity index (χ2n) is 6.68. The molecule has 9 heteroatoms. The lowest BCUT2D eigenvalue weighted by atomic mass is 10.1. The lowest BCUT2D eigenvalue weighted by Crippen LogP contribution is -2.30. The Labute approximate surface area is 170 Å². The molecular formula is C21H18F3N3O3. The van der Waals surface area contributed by atoms with E-state index in [1.54, 1.807) is 13.0 Å². The topological polar surface area (TPSA) is 81.2 Å². The van der Waals surface area contributed by atoms with Gasteiger partial charge in [-0.15, -0.1) is 0 Å². The van der Waals surface area contributed by atoms with Crippen molar-refractivity contribution >= 4 is 28.6 Å². The van der Waals surface area contributed by atoms with E-state index in [1.807, 2.05) is 6.92 Å². The Morgan fingerprint density at radius 2 is 1.63 bits per heavy atom. The third-order valence-corrected chi connectivity index (χ3v) is 4.45. The molecule has 156 valence electrons. The maximum absolute atomic E-state index is 13.1. The third kappa shape index (κ3) is 4.56. The first-order chi connectivity index (χ1) is 14.1. The number of nitrogens with one attached hydrogen (secondary N) is 1. The van der Waals surface area contributed by atoms with Crippen molar-refractivity contribution in [3.8, 4) is 0 Å². The van der Waals surface area contributed by atoms with E-state index in [0.717, 1.165) is 17.8 Å². The second-order valence-corrected chi connectivity index (χ2v) is 6.68. The number of nitrogens with zero attached hydrogens (tertiary/aromatic N) is 2. The SMILES string of the molecule is Cc1nc2ccc(C(=O)O[C@H](C)C(=O)Nc3ccccc3C(F)(F)F)cc2nc1C. The highest BCUT2D eigenvalue weighted by atomic mass is 19.4. The minimum absolute atomic E-state index is 0.149. The van der Waals surface area contributed by atoms with Gasteiger partial charge in [-0.3, -0.25) is 4.79 Å². The number of fused-ring (bicyclic) bond motifs is 1. The van der Waals surface area contributed by atoms with Gasteiger partial charge in [0.2, 0.25) is 0 Å². The number of rotatable bonds is 4. The van der Waals surface area contributed by atoms with Crippen LogP contribution in [0, 0.1) is 13.8 Å². The predicted octanol–water partition coefficient (Wildman–Crippen LogP) is 4.45. The van der Waals surface area contributed by atoms with Crippen molar-refractivity contribution < 1.29 is 27.5 Å². The van der Waals surface area contributed by atoms with Crippen LogP contribution in [0.1, 0.15) is 34.2 Å². The molecule has 3 aromatic rings. The zero-order valence-electron chi connectivity index (χ0n) is 16.4. The Morgan fingerprint density at radius 3 is 2.30 bits per heavy atom. The largest absolute Gasteiger partial charge is 0.449 e. The molecule has 0 radical (unpaired) electrons. The highest BCUT2D eigenvalue weighted by Crippen LogP contribution is 2.34. The van der Waals surface area contributed by atoms with E-state index >= 15 is 0 Å². The van der Waals surface area contributed by atoms with Crippen molar-refractivity contribution in [1.29, 1.82) is 0 Å². The lowest BCUT2D eigenvalue weighted by Gasteiger charge is -2.17. The van der Waals surface area contributed by atoms with Gasteiger partial charge in [0.15, 0.2) is 6.10 Å². The van der Waals surface area contributed by atoms with Gasteiger partial charge in [-0.1, -0.05) is 12.1 Å². The molecule has 6 nitrogen and oxygen atoms in total. The first-order valence-electron chi connectivity index (χ1n) is 8.99. The quantitative estimate of drug-likeness (QED) is 0.635. The number of esters is 1. The number of alkyl halides is 3. The number of hydrogen-bond donors (Lipinski definition) is 1. The maximum atomic E-state index is 13.1. The molecule has 0 aliphatic carbocycles. The molecule has 30 heavy (non-hydrogen) atoms. The molecule has 0 bridgehead atoms. The van der Waals surface area contributed by atoms with Crippen LogP contribution in [0.4, 0.5) is 18.9 Å². The summed E-state index contributed by atoms with van der Waals surface area (Å²) < 4.78 is 44.3. The zero-order chi connectivity index (χ0) is 22.1. The number of hydrogen-bond acceptors (Lipinski definition) is 5. The molecule has 0 aliphatic heterocycles. The van der Waals surface area contributed by atoms with Crippen molar-refractivity contribution in [1.82, 2.24) is 9.97 Å². The summed E-state index contributed by atoms with van der Waals surface area (Å²) in [5.41, 5.74) is 1.31. The highest BCUT2D eigenvalue weighted by molar-refractivity contribution is 5.98. The normalized spacial score (nSPS) is 12.5. The Bertz CT molecular complexity index is 1130. The number of halogens is 3. The molecule has 1 aromatic heterocycles. The van der Waals surface area contributed by atoms with Crippen molar-refractivity contribution in [2.75, 3.05) is 5.32 Å². The number of carbonyl (C=O) groups excluding carboxylic acids is 2. The molecule has 2 aromatic carbocycles. The molecule has 1 heterocycles. The standard InChI is InChI=1S/C21H18F3N3O3/c1-11-12(2)26-18-10-14(8-9-17(18)25-11)20(29)30-13(3)19(28)27-16-7-5-4-6-15(16)21(22,23)24/h4-10,13H,1-3H3,(H,27,28)/t13-/m1/s1. The Balaban J connectivity index is 1.74. The summed E-state index contributed by atoms with van der Waals surface area (Å²) in [6, 6.07) is 9.14. The monoisotopic (exact) mass is 417 g/mol. The van der Waals surface area contributed by atoms with Crippen LogP contribution in [0.5, 0.6) is 0 Å². The average molecular weight is 417 g/mol. The third-order valence-electron chi connectivity index (χ3n) is 4.45. The van der Waals surface area contributed by atoms with Crippen LogP contribution < -0.4 is 5.32 Å². The number of ether oxygens (including phenoxy) is 1. The van der Waals surface area contributed by atoms with Gasteiger partial charge in [-0.05, 0) is 51.1 Å². The van der Waals surface area contributed by atoms with Crippen LogP contribution in [-0.2, 0) is 15.7 Å². The minimum Gasteiger partial charge on any atom is -0.449 e.